The standard InChI is InChI=1S/C26H22ClN5O3S/c1-35-26-23(16-20(27)21(29-26)11-8-17-5-2-3-6-17)32-22-12-10-19(15-18(22)9-13-25(32)33)36(34)31-24-7-4-14-28-30-24/h4,7,9-10,12-17H,2-3,5-6H2,1H3,(H,30,31). The fourth-order valence-corrected chi connectivity index (χ4v) is 5.23. The van der Waals surface area contributed by atoms with E-state index in [4.69, 9.17) is 16.3 Å². The van der Waals surface area contributed by atoms with Crippen LogP contribution in [0.2, 0.25) is 5.02 Å². The molecule has 3 heterocycles. The quantitative estimate of drug-likeness (QED) is 0.389. The molecule has 1 atom stereocenters. The summed E-state index contributed by atoms with van der Waals surface area (Å²) in [4.78, 5) is 18.0. The van der Waals surface area contributed by atoms with Crippen LogP contribution in [0, 0.1) is 17.8 Å². The molecule has 10 heteroatoms. The maximum absolute atomic E-state index is 13.0. The number of hydrogen-bond donors (Lipinski definition) is 1. The van der Waals surface area contributed by atoms with Gasteiger partial charge in [0.1, 0.15) is 11.4 Å². The molecule has 1 fully saturated rings. The van der Waals surface area contributed by atoms with Crippen LogP contribution in [0.4, 0.5) is 5.82 Å². The Balaban J connectivity index is 1.54. The molecule has 0 aliphatic heterocycles. The molecule has 3 aromatic heterocycles. The van der Waals surface area contributed by atoms with Crippen molar-refractivity contribution in [2.24, 2.45) is 5.92 Å². The Morgan fingerprint density at radius 3 is 2.75 bits per heavy atom. The third-order valence-electron chi connectivity index (χ3n) is 5.96. The Labute approximate surface area is 215 Å². The van der Waals surface area contributed by atoms with Crippen LogP contribution in [0.15, 0.2) is 64.4 Å². The van der Waals surface area contributed by atoms with Crippen molar-refractivity contribution in [2.45, 2.75) is 30.6 Å². The average molecular weight is 520 g/mol. The lowest BCUT2D eigenvalue weighted by atomic mass is 10.1. The number of ether oxygens (including phenoxy) is 1. The van der Waals surface area contributed by atoms with Gasteiger partial charge in [0.25, 0.3) is 5.56 Å². The highest BCUT2D eigenvalue weighted by Crippen LogP contribution is 2.29. The summed E-state index contributed by atoms with van der Waals surface area (Å²) in [7, 11) is -0.0871. The maximum atomic E-state index is 13.0. The molecule has 0 spiro atoms. The summed E-state index contributed by atoms with van der Waals surface area (Å²) in [5.74, 6) is 7.34. The van der Waals surface area contributed by atoms with Crippen molar-refractivity contribution < 1.29 is 8.95 Å². The van der Waals surface area contributed by atoms with E-state index >= 15 is 0 Å². The molecule has 1 aliphatic carbocycles. The highest BCUT2D eigenvalue weighted by Gasteiger charge is 2.17. The van der Waals surface area contributed by atoms with Crippen LogP contribution < -0.4 is 15.0 Å². The minimum atomic E-state index is -1.58. The van der Waals surface area contributed by atoms with Gasteiger partial charge in [-0.15, -0.1) is 5.10 Å². The largest absolute Gasteiger partial charge is 0.479 e. The Morgan fingerprint density at radius 1 is 1.17 bits per heavy atom. The van der Waals surface area contributed by atoms with Crippen LogP contribution in [0.5, 0.6) is 5.88 Å². The van der Waals surface area contributed by atoms with E-state index in [9.17, 15) is 9.00 Å². The van der Waals surface area contributed by atoms with Gasteiger partial charge in [-0.25, -0.2) is 9.19 Å². The van der Waals surface area contributed by atoms with Gasteiger partial charge in [-0.3, -0.25) is 14.1 Å². The number of pyridine rings is 2. The molecule has 0 saturated heterocycles. The van der Waals surface area contributed by atoms with E-state index in [1.807, 2.05) is 0 Å². The number of nitrogens with zero attached hydrogens (tertiary/aromatic N) is 4. The highest BCUT2D eigenvalue weighted by atomic mass is 35.5. The molecule has 0 amide bonds. The normalized spacial score (nSPS) is 14.3. The highest BCUT2D eigenvalue weighted by molar-refractivity contribution is 7.86. The number of anilines is 1. The van der Waals surface area contributed by atoms with E-state index in [-0.39, 0.29) is 11.4 Å². The van der Waals surface area contributed by atoms with Crippen molar-refractivity contribution in [3.63, 3.8) is 0 Å². The zero-order chi connectivity index (χ0) is 25.1. The van der Waals surface area contributed by atoms with Crippen LogP contribution in [-0.4, -0.2) is 31.1 Å². The summed E-state index contributed by atoms with van der Waals surface area (Å²) < 4.78 is 22.6. The molecule has 1 unspecified atom stereocenters. The molecule has 4 aromatic rings. The predicted molar refractivity (Wildman–Crippen MR) is 140 cm³/mol. The number of rotatable bonds is 5. The van der Waals surface area contributed by atoms with E-state index < -0.39 is 11.0 Å². The number of hydrogen-bond acceptors (Lipinski definition) is 6. The van der Waals surface area contributed by atoms with Crippen LogP contribution >= 0.6 is 11.6 Å². The number of fused-ring (bicyclic) bond motifs is 1. The summed E-state index contributed by atoms with van der Waals surface area (Å²) in [5, 5.41) is 8.71. The molecule has 8 nitrogen and oxygen atoms in total. The van der Waals surface area contributed by atoms with Crippen molar-refractivity contribution in [1.82, 2.24) is 19.7 Å². The predicted octanol–water partition coefficient (Wildman–Crippen LogP) is 4.51. The van der Waals surface area contributed by atoms with Crippen molar-refractivity contribution >= 4 is 39.3 Å². The topological polar surface area (TPSA) is 99.0 Å². The minimum absolute atomic E-state index is 0.238. The van der Waals surface area contributed by atoms with Gasteiger partial charge in [-0.1, -0.05) is 30.4 Å². The van der Waals surface area contributed by atoms with Gasteiger partial charge in [0.2, 0.25) is 5.88 Å². The first kappa shape index (κ1) is 24.0. The van der Waals surface area contributed by atoms with Gasteiger partial charge < -0.3 is 4.74 Å². The third kappa shape index (κ3) is 4.96. The molecule has 5 rings (SSSR count). The van der Waals surface area contributed by atoms with Crippen molar-refractivity contribution in [2.75, 3.05) is 11.8 Å². The van der Waals surface area contributed by atoms with E-state index in [1.165, 1.54) is 36.8 Å². The maximum Gasteiger partial charge on any atom is 0.255 e. The van der Waals surface area contributed by atoms with Crippen LogP contribution in [-0.2, 0) is 11.0 Å². The number of aromatic nitrogens is 4. The molecule has 36 heavy (non-hydrogen) atoms. The zero-order valence-corrected chi connectivity index (χ0v) is 21.0. The summed E-state index contributed by atoms with van der Waals surface area (Å²) in [5.41, 5.74) is 1.13. The van der Waals surface area contributed by atoms with Gasteiger partial charge in [0.15, 0.2) is 16.8 Å². The summed E-state index contributed by atoms with van der Waals surface area (Å²) >= 11 is 6.55. The van der Waals surface area contributed by atoms with E-state index in [2.05, 4.69) is 31.7 Å². The first-order chi connectivity index (χ1) is 17.5. The number of nitrogens with one attached hydrogen (secondary N) is 1. The number of methoxy groups -OCH3 is 1. The Bertz CT molecular complexity index is 1570. The molecule has 1 aliphatic rings. The van der Waals surface area contributed by atoms with Gasteiger partial charge >= 0.3 is 0 Å². The smallest absolute Gasteiger partial charge is 0.255 e. The third-order valence-corrected chi connectivity index (χ3v) is 7.32. The minimum Gasteiger partial charge on any atom is -0.479 e. The number of halogens is 1. The Morgan fingerprint density at radius 2 is 2.00 bits per heavy atom. The van der Waals surface area contributed by atoms with Crippen LogP contribution in [0.25, 0.3) is 16.6 Å². The fraction of sp³-hybridized carbons (Fsp3) is 0.231. The van der Waals surface area contributed by atoms with Crippen molar-refractivity contribution in [3.05, 3.63) is 75.8 Å². The second-order valence-electron chi connectivity index (χ2n) is 8.31. The van der Waals surface area contributed by atoms with Gasteiger partial charge in [0, 0.05) is 23.6 Å². The second kappa shape index (κ2) is 10.5. The first-order valence-electron chi connectivity index (χ1n) is 11.4. The van der Waals surface area contributed by atoms with Gasteiger partial charge in [-0.05, 0) is 61.2 Å². The molecule has 0 radical (unpaired) electrons. The summed E-state index contributed by atoms with van der Waals surface area (Å²) in [6, 6.07) is 13.3. The van der Waals surface area contributed by atoms with Crippen LogP contribution in [0.3, 0.4) is 0 Å². The summed E-state index contributed by atoms with van der Waals surface area (Å²) in [6.07, 6.45) is 6.10. The van der Waals surface area contributed by atoms with Crippen molar-refractivity contribution in [3.8, 4) is 23.4 Å². The monoisotopic (exact) mass is 519 g/mol. The molecule has 0 bridgehead atoms. The molecular weight excluding hydrogens is 498 g/mol. The lowest BCUT2D eigenvalue weighted by Crippen LogP contribution is -2.19. The van der Waals surface area contributed by atoms with Gasteiger partial charge in [0.05, 0.1) is 22.5 Å². The lowest BCUT2D eigenvalue weighted by molar-refractivity contribution is 0.395. The zero-order valence-electron chi connectivity index (χ0n) is 19.4. The average Bonchev–Trinajstić information content (AvgIpc) is 3.42. The Kier molecular flexibility index (Phi) is 6.98. The molecule has 1 N–H and O–H groups in total. The van der Waals surface area contributed by atoms with Crippen LogP contribution in [0.1, 0.15) is 31.4 Å². The van der Waals surface area contributed by atoms with Crippen molar-refractivity contribution in [1.29, 1.82) is 0 Å². The second-order valence-corrected chi connectivity index (χ2v) is 9.93. The number of benzene rings is 1. The fourth-order valence-electron chi connectivity index (χ4n) is 4.20. The Hall–Kier alpha value is -3.74. The van der Waals surface area contributed by atoms with E-state index in [0.717, 1.165) is 12.8 Å². The SMILES string of the molecule is COc1nc(C#CC2CCCC2)c(Cl)cc1-n1c(=O)ccc2cc(S(=O)Nc3cccnn3)ccc21. The summed E-state index contributed by atoms with van der Waals surface area (Å²) in [6.45, 7) is 0. The molecular formula is C26H22ClN5O3S. The molecule has 1 saturated carbocycles. The first-order valence-corrected chi connectivity index (χ1v) is 12.9. The molecule has 182 valence electrons. The van der Waals surface area contributed by atoms with Gasteiger partial charge in [-0.2, -0.15) is 5.10 Å². The van der Waals surface area contributed by atoms with E-state index in [0.29, 0.717) is 43.9 Å². The van der Waals surface area contributed by atoms with E-state index in [1.54, 1.807) is 42.5 Å². The lowest BCUT2D eigenvalue weighted by Gasteiger charge is -2.15. The molecule has 1 aromatic carbocycles.